The van der Waals surface area contributed by atoms with E-state index in [4.69, 9.17) is 14.4 Å². The lowest BCUT2D eigenvalue weighted by Gasteiger charge is -2.08. The zero-order valence-electron chi connectivity index (χ0n) is 17.8. The number of carbonyl (C=O) groups is 1. The number of amides is 1. The zero-order chi connectivity index (χ0) is 22.1. The molecule has 5 nitrogen and oxygen atoms in total. The number of rotatable bonds is 4. The van der Waals surface area contributed by atoms with Gasteiger partial charge in [0.2, 0.25) is 0 Å². The molecule has 2 aromatic carbocycles. The van der Waals surface area contributed by atoms with Gasteiger partial charge in [0.1, 0.15) is 11.5 Å². The maximum atomic E-state index is 12.8. The number of benzene rings is 2. The number of hydrogen-bond acceptors (Lipinski definition) is 5. The lowest BCUT2D eigenvalue weighted by molar-refractivity contribution is 0.0948. The highest BCUT2D eigenvalue weighted by molar-refractivity contribution is 7.99. The van der Waals surface area contributed by atoms with Gasteiger partial charge in [-0.15, -0.1) is 0 Å². The minimum absolute atomic E-state index is 0.168. The van der Waals surface area contributed by atoms with E-state index in [9.17, 15) is 4.79 Å². The lowest BCUT2D eigenvalue weighted by Crippen LogP contribution is -2.22. The SMILES string of the molecule is Cc1cccc(C2=Nc3cc(C(=O)NCc4ccc(C)o4)ccc3Sc3ccccc32)n1. The smallest absolute Gasteiger partial charge is 0.251 e. The van der Waals surface area contributed by atoms with Gasteiger partial charge in [-0.05, 0) is 62.4 Å². The third kappa shape index (κ3) is 4.09. The van der Waals surface area contributed by atoms with Crippen molar-refractivity contribution < 1.29 is 9.21 Å². The molecule has 1 aliphatic heterocycles. The number of aliphatic imine (C=N–C) groups is 1. The summed E-state index contributed by atoms with van der Waals surface area (Å²) in [6.07, 6.45) is 0. The highest BCUT2D eigenvalue weighted by atomic mass is 32.2. The Balaban J connectivity index is 1.52. The standard InChI is InChI=1S/C26H21N3O2S/c1-16-6-5-8-21(28-16)25-20-7-3-4-9-23(20)32-24-13-11-18(14-22(24)29-25)26(30)27-15-19-12-10-17(2)31-19/h3-14H,15H2,1-2H3,(H,27,30). The van der Waals surface area contributed by atoms with Gasteiger partial charge in [-0.1, -0.05) is 36.0 Å². The molecule has 5 rings (SSSR count). The molecule has 4 aromatic rings. The van der Waals surface area contributed by atoms with Gasteiger partial charge in [0, 0.05) is 26.6 Å². The third-order valence-electron chi connectivity index (χ3n) is 5.17. The molecule has 0 saturated heterocycles. The van der Waals surface area contributed by atoms with E-state index in [0.717, 1.165) is 49.7 Å². The van der Waals surface area contributed by atoms with Crippen LogP contribution in [-0.2, 0) is 6.54 Å². The molecular weight excluding hydrogens is 418 g/mol. The number of pyridine rings is 1. The summed E-state index contributed by atoms with van der Waals surface area (Å²) in [5.41, 5.74) is 4.89. The zero-order valence-corrected chi connectivity index (χ0v) is 18.6. The van der Waals surface area contributed by atoms with Crippen molar-refractivity contribution in [2.45, 2.75) is 30.2 Å². The number of furan rings is 1. The number of carbonyl (C=O) groups excluding carboxylic acids is 1. The summed E-state index contributed by atoms with van der Waals surface area (Å²) in [6.45, 7) is 4.19. The number of nitrogens with zero attached hydrogens (tertiary/aromatic N) is 2. The van der Waals surface area contributed by atoms with Crippen molar-refractivity contribution >= 4 is 29.1 Å². The molecule has 0 aliphatic carbocycles. The van der Waals surface area contributed by atoms with Crippen LogP contribution in [0.5, 0.6) is 0 Å². The Morgan fingerprint density at radius 3 is 2.66 bits per heavy atom. The quantitative estimate of drug-likeness (QED) is 0.381. The summed E-state index contributed by atoms with van der Waals surface area (Å²) in [7, 11) is 0. The van der Waals surface area contributed by atoms with Crippen molar-refractivity contribution in [2.24, 2.45) is 4.99 Å². The summed E-state index contributed by atoms with van der Waals surface area (Å²) >= 11 is 1.65. The van der Waals surface area contributed by atoms with Crippen molar-refractivity contribution in [3.05, 3.63) is 107 Å². The van der Waals surface area contributed by atoms with Crippen LogP contribution >= 0.6 is 11.8 Å². The van der Waals surface area contributed by atoms with E-state index in [0.29, 0.717) is 12.1 Å². The van der Waals surface area contributed by atoms with Gasteiger partial charge in [-0.3, -0.25) is 9.78 Å². The minimum Gasteiger partial charge on any atom is -0.465 e. The van der Waals surface area contributed by atoms with Gasteiger partial charge in [0.25, 0.3) is 5.91 Å². The van der Waals surface area contributed by atoms with Crippen molar-refractivity contribution in [2.75, 3.05) is 0 Å². The maximum Gasteiger partial charge on any atom is 0.251 e. The number of fused-ring (bicyclic) bond motifs is 2. The molecule has 6 heteroatoms. The average molecular weight is 440 g/mol. The molecule has 0 radical (unpaired) electrons. The van der Waals surface area contributed by atoms with E-state index in [2.05, 4.69) is 17.4 Å². The van der Waals surface area contributed by atoms with E-state index in [-0.39, 0.29) is 5.91 Å². The van der Waals surface area contributed by atoms with Gasteiger partial charge in [0.05, 0.1) is 23.6 Å². The first-order valence-corrected chi connectivity index (χ1v) is 11.2. The predicted octanol–water partition coefficient (Wildman–Crippen LogP) is 5.86. The molecule has 2 aromatic heterocycles. The van der Waals surface area contributed by atoms with Gasteiger partial charge < -0.3 is 9.73 Å². The van der Waals surface area contributed by atoms with Crippen molar-refractivity contribution in [3.63, 3.8) is 0 Å². The Morgan fingerprint density at radius 2 is 1.84 bits per heavy atom. The van der Waals surface area contributed by atoms with Gasteiger partial charge >= 0.3 is 0 Å². The Labute approximate surface area is 190 Å². The Morgan fingerprint density at radius 1 is 0.969 bits per heavy atom. The van der Waals surface area contributed by atoms with Crippen LogP contribution in [0.3, 0.4) is 0 Å². The monoisotopic (exact) mass is 439 g/mol. The number of aryl methyl sites for hydroxylation is 2. The molecule has 0 spiro atoms. The van der Waals surface area contributed by atoms with Crippen LogP contribution < -0.4 is 5.32 Å². The van der Waals surface area contributed by atoms with Crippen LogP contribution in [0.25, 0.3) is 0 Å². The fourth-order valence-corrected chi connectivity index (χ4v) is 4.61. The van der Waals surface area contributed by atoms with Crippen molar-refractivity contribution in [1.82, 2.24) is 10.3 Å². The normalized spacial score (nSPS) is 12.4. The highest BCUT2D eigenvalue weighted by Gasteiger charge is 2.20. The molecule has 0 fully saturated rings. The number of hydrogen-bond donors (Lipinski definition) is 1. The second-order valence-electron chi connectivity index (χ2n) is 7.60. The van der Waals surface area contributed by atoms with Gasteiger partial charge in [-0.2, -0.15) is 0 Å². The van der Waals surface area contributed by atoms with Crippen molar-refractivity contribution in [3.8, 4) is 0 Å². The first-order chi connectivity index (χ1) is 15.6. The van der Waals surface area contributed by atoms with Crippen LogP contribution in [0.15, 0.2) is 92.0 Å². The molecule has 0 atom stereocenters. The third-order valence-corrected chi connectivity index (χ3v) is 6.31. The first kappa shape index (κ1) is 20.3. The summed E-state index contributed by atoms with van der Waals surface area (Å²) in [5.74, 6) is 1.38. The van der Waals surface area contributed by atoms with Crippen molar-refractivity contribution in [1.29, 1.82) is 0 Å². The van der Waals surface area contributed by atoms with Crippen LogP contribution in [0.4, 0.5) is 5.69 Å². The summed E-state index contributed by atoms with van der Waals surface area (Å²) < 4.78 is 5.54. The molecule has 0 bridgehead atoms. The van der Waals surface area contributed by atoms with Crippen LogP contribution in [0.2, 0.25) is 0 Å². The Bertz CT molecular complexity index is 1360. The van der Waals surface area contributed by atoms with E-state index in [1.165, 1.54) is 0 Å². The average Bonchev–Trinajstić information content (AvgIpc) is 3.14. The fraction of sp³-hybridized carbons (Fsp3) is 0.115. The summed E-state index contributed by atoms with van der Waals surface area (Å²) in [6, 6.07) is 23.5. The van der Waals surface area contributed by atoms with Gasteiger partial charge in [-0.25, -0.2) is 4.99 Å². The van der Waals surface area contributed by atoms with E-state index in [1.807, 2.05) is 74.5 Å². The van der Waals surface area contributed by atoms with Crippen LogP contribution in [-0.4, -0.2) is 16.6 Å². The molecule has 0 saturated carbocycles. The number of nitrogens with one attached hydrogen (secondary N) is 1. The second kappa shape index (κ2) is 8.48. The highest BCUT2D eigenvalue weighted by Crippen LogP contribution is 2.41. The molecular formula is C26H21N3O2S. The Hall–Kier alpha value is -3.64. The molecule has 1 aliphatic rings. The van der Waals surface area contributed by atoms with E-state index < -0.39 is 0 Å². The van der Waals surface area contributed by atoms with E-state index in [1.54, 1.807) is 11.8 Å². The number of aromatic nitrogens is 1. The molecule has 3 heterocycles. The Kier molecular flexibility index (Phi) is 5.37. The second-order valence-corrected chi connectivity index (χ2v) is 8.68. The lowest BCUT2D eigenvalue weighted by atomic mass is 10.1. The molecule has 158 valence electrons. The maximum absolute atomic E-state index is 12.8. The summed E-state index contributed by atoms with van der Waals surface area (Å²) in [5, 5.41) is 2.92. The fourth-order valence-electron chi connectivity index (χ4n) is 3.60. The molecule has 32 heavy (non-hydrogen) atoms. The topological polar surface area (TPSA) is 67.5 Å². The largest absolute Gasteiger partial charge is 0.465 e. The summed E-state index contributed by atoms with van der Waals surface area (Å²) in [4.78, 5) is 24.6. The van der Waals surface area contributed by atoms with Crippen LogP contribution in [0.1, 0.15) is 38.8 Å². The predicted molar refractivity (Wildman–Crippen MR) is 126 cm³/mol. The molecule has 1 N–H and O–H groups in total. The molecule has 1 amide bonds. The van der Waals surface area contributed by atoms with Crippen LogP contribution in [0, 0.1) is 13.8 Å². The van der Waals surface area contributed by atoms with E-state index >= 15 is 0 Å². The van der Waals surface area contributed by atoms with Gasteiger partial charge in [0.15, 0.2) is 0 Å². The first-order valence-electron chi connectivity index (χ1n) is 10.3. The molecule has 0 unspecified atom stereocenters. The minimum atomic E-state index is -0.168.